The topological polar surface area (TPSA) is 54.6 Å². The van der Waals surface area contributed by atoms with Crippen molar-refractivity contribution in [3.05, 3.63) is 96.3 Å². The third kappa shape index (κ3) is 3.39. The van der Waals surface area contributed by atoms with Crippen LogP contribution in [-0.4, -0.2) is 12.1 Å². The summed E-state index contributed by atoms with van der Waals surface area (Å²) in [6.45, 7) is 0. The summed E-state index contributed by atoms with van der Waals surface area (Å²) in [6.07, 6.45) is 1.61. The summed E-state index contributed by atoms with van der Waals surface area (Å²) >= 11 is 0. The summed E-state index contributed by atoms with van der Waals surface area (Å²) in [4.78, 5) is 12.1. The maximum Gasteiger partial charge on any atom is 0.307 e. The van der Waals surface area contributed by atoms with Gasteiger partial charge in [-0.2, -0.15) is 5.10 Å². The molecule has 1 heterocycles. The molecule has 0 spiro atoms. The summed E-state index contributed by atoms with van der Waals surface area (Å²) in [5, 5.41) is 4.89. The molecule has 0 fully saturated rings. The standard InChI is InChI=1S/C22H16N2O2/c25-22(21-14-19-8-4-5-9-20(19)26-21)24-23-15-16-10-12-18(13-11-16)17-6-2-1-3-7-17/h1-15H,(H,24,25). The Hall–Kier alpha value is -3.66. The van der Waals surface area contributed by atoms with Gasteiger partial charge in [-0.3, -0.25) is 4.79 Å². The number of benzene rings is 3. The van der Waals surface area contributed by atoms with Crippen molar-refractivity contribution in [2.24, 2.45) is 5.10 Å². The van der Waals surface area contributed by atoms with Gasteiger partial charge in [0.2, 0.25) is 0 Å². The number of hydrazone groups is 1. The molecule has 1 N–H and O–H groups in total. The molecule has 4 aromatic rings. The molecule has 0 aliphatic rings. The molecular weight excluding hydrogens is 324 g/mol. The first-order valence-corrected chi connectivity index (χ1v) is 8.27. The minimum absolute atomic E-state index is 0.239. The lowest BCUT2D eigenvalue weighted by Crippen LogP contribution is -2.16. The van der Waals surface area contributed by atoms with Crippen molar-refractivity contribution in [2.45, 2.75) is 0 Å². The van der Waals surface area contributed by atoms with Crippen molar-refractivity contribution in [1.29, 1.82) is 0 Å². The van der Waals surface area contributed by atoms with Gasteiger partial charge in [0.1, 0.15) is 5.58 Å². The predicted molar refractivity (Wildman–Crippen MR) is 103 cm³/mol. The average molecular weight is 340 g/mol. The molecule has 0 unspecified atom stereocenters. The van der Waals surface area contributed by atoms with Gasteiger partial charge in [-0.1, -0.05) is 72.8 Å². The first-order chi connectivity index (χ1) is 12.8. The zero-order chi connectivity index (χ0) is 17.8. The fourth-order valence-electron chi connectivity index (χ4n) is 2.71. The van der Waals surface area contributed by atoms with E-state index in [1.165, 1.54) is 0 Å². The number of para-hydroxylation sites is 1. The maximum atomic E-state index is 12.1. The van der Waals surface area contributed by atoms with Gasteiger partial charge in [0, 0.05) is 5.39 Å². The molecule has 0 saturated heterocycles. The number of carbonyl (C=O) groups is 1. The Morgan fingerprint density at radius 2 is 1.54 bits per heavy atom. The first kappa shape index (κ1) is 15.8. The van der Waals surface area contributed by atoms with Gasteiger partial charge in [0.15, 0.2) is 5.76 Å². The molecule has 4 rings (SSSR count). The summed E-state index contributed by atoms with van der Waals surface area (Å²) < 4.78 is 5.51. The highest BCUT2D eigenvalue weighted by Crippen LogP contribution is 2.19. The van der Waals surface area contributed by atoms with Crippen LogP contribution in [0.5, 0.6) is 0 Å². The summed E-state index contributed by atoms with van der Waals surface area (Å²) in [5.41, 5.74) is 6.36. The van der Waals surface area contributed by atoms with Crippen LogP contribution in [-0.2, 0) is 0 Å². The Labute approximate surface area is 150 Å². The summed E-state index contributed by atoms with van der Waals surface area (Å²) in [6, 6.07) is 27.3. The molecule has 0 saturated carbocycles. The molecule has 0 aliphatic heterocycles. The Morgan fingerprint density at radius 1 is 0.846 bits per heavy atom. The third-order valence-electron chi connectivity index (χ3n) is 4.05. The Balaban J connectivity index is 1.42. The van der Waals surface area contributed by atoms with Crippen LogP contribution < -0.4 is 5.43 Å². The van der Waals surface area contributed by atoms with Crippen molar-refractivity contribution in [3.8, 4) is 11.1 Å². The van der Waals surface area contributed by atoms with Gasteiger partial charge in [0.25, 0.3) is 0 Å². The molecule has 0 aliphatic carbocycles. The molecule has 3 aromatic carbocycles. The van der Waals surface area contributed by atoms with Crippen LogP contribution >= 0.6 is 0 Å². The number of rotatable bonds is 4. The Bertz CT molecular complexity index is 1030. The molecular formula is C22H16N2O2. The van der Waals surface area contributed by atoms with Crippen molar-refractivity contribution >= 4 is 23.1 Å². The zero-order valence-corrected chi connectivity index (χ0v) is 13.9. The second-order valence-electron chi connectivity index (χ2n) is 5.84. The molecule has 0 bridgehead atoms. The van der Waals surface area contributed by atoms with E-state index in [0.29, 0.717) is 5.58 Å². The molecule has 1 amide bonds. The van der Waals surface area contributed by atoms with Gasteiger partial charge < -0.3 is 4.42 Å². The lowest BCUT2D eigenvalue weighted by Gasteiger charge is -2.01. The van der Waals surface area contributed by atoms with E-state index in [4.69, 9.17) is 4.42 Å². The number of hydrogen-bond donors (Lipinski definition) is 1. The molecule has 4 nitrogen and oxygen atoms in total. The van der Waals surface area contributed by atoms with Crippen molar-refractivity contribution in [1.82, 2.24) is 5.43 Å². The number of fused-ring (bicyclic) bond motifs is 1. The van der Waals surface area contributed by atoms with E-state index in [2.05, 4.69) is 22.7 Å². The Morgan fingerprint density at radius 3 is 2.31 bits per heavy atom. The highest BCUT2D eigenvalue weighted by atomic mass is 16.3. The number of nitrogens with one attached hydrogen (secondary N) is 1. The van der Waals surface area contributed by atoms with Crippen LogP contribution in [0.4, 0.5) is 0 Å². The van der Waals surface area contributed by atoms with E-state index in [1.807, 2.05) is 66.7 Å². The largest absolute Gasteiger partial charge is 0.451 e. The van der Waals surface area contributed by atoms with Crippen LogP contribution in [0.2, 0.25) is 0 Å². The lowest BCUT2D eigenvalue weighted by atomic mass is 10.0. The van der Waals surface area contributed by atoms with E-state index in [-0.39, 0.29) is 11.7 Å². The minimum atomic E-state index is -0.377. The SMILES string of the molecule is O=C(NN=Cc1ccc(-c2ccccc2)cc1)c1cc2ccccc2o1. The first-order valence-electron chi connectivity index (χ1n) is 8.27. The maximum absolute atomic E-state index is 12.1. The fourth-order valence-corrected chi connectivity index (χ4v) is 2.71. The summed E-state index contributed by atoms with van der Waals surface area (Å²) in [7, 11) is 0. The average Bonchev–Trinajstić information content (AvgIpc) is 3.13. The summed E-state index contributed by atoms with van der Waals surface area (Å²) in [5.74, 6) is -0.138. The van der Waals surface area contributed by atoms with Gasteiger partial charge in [-0.05, 0) is 28.8 Å². The molecule has 0 atom stereocenters. The second kappa shape index (κ2) is 7.07. The van der Waals surface area contributed by atoms with E-state index in [9.17, 15) is 4.79 Å². The van der Waals surface area contributed by atoms with E-state index in [0.717, 1.165) is 22.1 Å². The fraction of sp³-hybridized carbons (Fsp3) is 0. The number of carbonyl (C=O) groups excluding carboxylic acids is 1. The van der Waals surface area contributed by atoms with E-state index >= 15 is 0 Å². The molecule has 1 aromatic heterocycles. The normalized spacial score (nSPS) is 11.1. The minimum Gasteiger partial charge on any atom is -0.451 e. The molecule has 126 valence electrons. The number of furan rings is 1. The van der Waals surface area contributed by atoms with Gasteiger partial charge in [-0.25, -0.2) is 5.43 Å². The second-order valence-corrected chi connectivity index (χ2v) is 5.84. The van der Waals surface area contributed by atoms with Gasteiger partial charge >= 0.3 is 5.91 Å². The van der Waals surface area contributed by atoms with Gasteiger partial charge in [-0.15, -0.1) is 0 Å². The molecule has 0 radical (unpaired) electrons. The van der Waals surface area contributed by atoms with Crippen molar-refractivity contribution in [3.63, 3.8) is 0 Å². The van der Waals surface area contributed by atoms with Crippen LogP contribution in [0, 0.1) is 0 Å². The van der Waals surface area contributed by atoms with Crippen molar-refractivity contribution < 1.29 is 9.21 Å². The van der Waals surface area contributed by atoms with E-state index < -0.39 is 0 Å². The highest BCUT2D eigenvalue weighted by molar-refractivity contribution is 5.96. The van der Waals surface area contributed by atoms with Crippen LogP contribution in [0.25, 0.3) is 22.1 Å². The predicted octanol–water partition coefficient (Wildman–Crippen LogP) is 4.86. The monoisotopic (exact) mass is 340 g/mol. The van der Waals surface area contributed by atoms with Gasteiger partial charge in [0.05, 0.1) is 6.21 Å². The van der Waals surface area contributed by atoms with E-state index in [1.54, 1.807) is 12.3 Å². The smallest absolute Gasteiger partial charge is 0.307 e. The molecule has 4 heteroatoms. The van der Waals surface area contributed by atoms with Crippen molar-refractivity contribution in [2.75, 3.05) is 0 Å². The lowest BCUT2D eigenvalue weighted by molar-refractivity contribution is 0.0929. The van der Waals surface area contributed by atoms with Crippen LogP contribution in [0.15, 0.2) is 94.4 Å². The number of nitrogens with zero attached hydrogens (tertiary/aromatic N) is 1. The number of amides is 1. The number of hydrogen-bond acceptors (Lipinski definition) is 3. The van der Waals surface area contributed by atoms with Crippen LogP contribution in [0.1, 0.15) is 16.1 Å². The molecule has 26 heavy (non-hydrogen) atoms. The zero-order valence-electron chi connectivity index (χ0n) is 13.9. The van der Waals surface area contributed by atoms with Crippen LogP contribution in [0.3, 0.4) is 0 Å². The third-order valence-corrected chi connectivity index (χ3v) is 4.05. The Kier molecular flexibility index (Phi) is 4.31. The highest BCUT2D eigenvalue weighted by Gasteiger charge is 2.10. The quantitative estimate of drug-likeness (QED) is 0.426.